The van der Waals surface area contributed by atoms with Crippen LogP contribution in [0, 0.1) is 0 Å². The van der Waals surface area contributed by atoms with Crippen LogP contribution in [-0.2, 0) is 9.59 Å². The lowest BCUT2D eigenvalue weighted by Crippen LogP contribution is -2.23. The van der Waals surface area contributed by atoms with E-state index in [0.717, 1.165) is 16.5 Å². The first-order valence-electron chi connectivity index (χ1n) is 8.38. The number of fused-ring (bicyclic) bond motifs is 1. The number of benzene rings is 2. The van der Waals surface area contributed by atoms with Gasteiger partial charge in [-0.15, -0.1) is 0 Å². The maximum atomic E-state index is 12.8. The minimum absolute atomic E-state index is 0.140. The molecule has 0 aliphatic rings. The van der Waals surface area contributed by atoms with E-state index in [4.69, 9.17) is 5.73 Å². The molecule has 1 aromatic heterocycles. The van der Waals surface area contributed by atoms with Gasteiger partial charge in [-0.2, -0.15) is 5.10 Å². The van der Waals surface area contributed by atoms with Crippen LogP contribution in [0.3, 0.4) is 0 Å². The van der Waals surface area contributed by atoms with Crippen LogP contribution in [0.2, 0.25) is 0 Å². The predicted molar refractivity (Wildman–Crippen MR) is 102 cm³/mol. The van der Waals surface area contributed by atoms with Gasteiger partial charge >= 0.3 is 0 Å². The second-order valence-corrected chi connectivity index (χ2v) is 6.10. The summed E-state index contributed by atoms with van der Waals surface area (Å²) in [4.78, 5) is 24.1. The van der Waals surface area contributed by atoms with E-state index in [1.165, 1.54) is 6.92 Å². The van der Waals surface area contributed by atoms with E-state index >= 15 is 0 Å². The lowest BCUT2D eigenvalue weighted by atomic mass is 9.94. The maximum Gasteiger partial charge on any atom is 0.231 e. The number of amides is 2. The number of carbonyl (C=O) groups is 2. The number of nitrogens with zero attached hydrogens (tertiary/aromatic N) is 1. The quantitative estimate of drug-likeness (QED) is 0.546. The molecule has 0 saturated carbocycles. The third kappa shape index (κ3) is 4.07. The Morgan fingerprint density at radius 3 is 2.73 bits per heavy atom. The standard InChI is InChI=1S/C19H21N5O2/c1-12(25)22-15-4-2-3-13(9-15)17(7-8-20)19(26)23-16-5-6-18-14(10-16)11-21-24-18/h2-6,9-11,17H,7-8,20H2,1H3,(H,21,24)(H,22,25)(H,23,26). The van der Waals surface area contributed by atoms with Gasteiger partial charge in [-0.1, -0.05) is 12.1 Å². The summed E-state index contributed by atoms with van der Waals surface area (Å²) in [6.07, 6.45) is 2.21. The molecule has 2 amide bonds. The van der Waals surface area contributed by atoms with E-state index in [1.807, 2.05) is 30.3 Å². The van der Waals surface area contributed by atoms with Crippen LogP contribution in [0.1, 0.15) is 24.8 Å². The second-order valence-electron chi connectivity index (χ2n) is 6.10. The van der Waals surface area contributed by atoms with Crippen molar-refractivity contribution in [2.24, 2.45) is 5.73 Å². The third-order valence-corrected chi connectivity index (χ3v) is 4.09. The summed E-state index contributed by atoms with van der Waals surface area (Å²) in [6.45, 7) is 1.83. The van der Waals surface area contributed by atoms with E-state index in [9.17, 15) is 9.59 Å². The average Bonchev–Trinajstić information content (AvgIpc) is 3.07. The number of hydrogen-bond donors (Lipinski definition) is 4. The van der Waals surface area contributed by atoms with E-state index < -0.39 is 5.92 Å². The van der Waals surface area contributed by atoms with Gasteiger partial charge in [-0.25, -0.2) is 0 Å². The predicted octanol–water partition coefficient (Wildman–Crippen LogP) is 2.59. The molecular formula is C19H21N5O2. The molecule has 26 heavy (non-hydrogen) atoms. The minimum atomic E-state index is -0.409. The van der Waals surface area contributed by atoms with Crippen LogP contribution in [0.5, 0.6) is 0 Å². The molecule has 5 N–H and O–H groups in total. The molecule has 0 saturated heterocycles. The van der Waals surface area contributed by atoms with E-state index in [2.05, 4.69) is 20.8 Å². The fourth-order valence-corrected chi connectivity index (χ4v) is 2.90. The zero-order valence-corrected chi connectivity index (χ0v) is 14.5. The molecule has 1 unspecified atom stereocenters. The van der Waals surface area contributed by atoms with E-state index in [0.29, 0.717) is 24.3 Å². The van der Waals surface area contributed by atoms with Gasteiger partial charge < -0.3 is 16.4 Å². The molecule has 0 radical (unpaired) electrons. The molecule has 0 bridgehead atoms. The van der Waals surface area contributed by atoms with Gasteiger partial charge in [-0.3, -0.25) is 14.7 Å². The Kier molecular flexibility index (Phi) is 5.28. The van der Waals surface area contributed by atoms with Crippen LogP contribution < -0.4 is 16.4 Å². The van der Waals surface area contributed by atoms with Crippen LogP contribution >= 0.6 is 0 Å². The highest BCUT2D eigenvalue weighted by atomic mass is 16.2. The SMILES string of the molecule is CC(=O)Nc1cccc(C(CCN)C(=O)Nc2ccc3[nH]ncc3c2)c1. The van der Waals surface area contributed by atoms with Crippen molar-refractivity contribution < 1.29 is 9.59 Å². The van der Waals surface area contributed by atoms with Gasteiger partial charge in [0.05, 0.1) is 17.6 Å². The Morgan fingerprint density at radius 1 is 1.15 bits per heavy atom. The molecule has 7 heteroatoms. The molecule has 0 fully saturated rings. The summed E-state index contributed by atoms with van der Waals surface area (Å²) >= 11 is 0. The number of aromatic amines is 1. The molecule has 3 aromatic rings. The molecule has 0 aliphatic heterocycles. The van der Waals surface area contributed by atoms with Gasteiger partial charge in [-0.05, 0) is 48.9 Å². The number of carbonyl (C=O) groups excluding carboxylic acids is 2. The fraction of sp³-hybridized carbons (Fsp3) is 0.211. The topological polar surface area (TPSA) is 113 Å². The van der Waals surface area contributed by atoms with Gasteiger partial charge in [0.1, 0.15) is 0 Å². The third-order valence-electron chi connectivity index (χ3n) is 4.09. The van der Waals surface area contributed by atoms with E-state index in [-0.39, 0.29) is 11.8 Å². The molecule has 1 atom stereocenters. The van der Waals surface area contributed by atoms with Crippen LogP contribution in [0.25, 0.3) is 10.9 Å². The largest absolute Gasteiger partial charge is 0.330 e. The Balaban J connectivity index is 1.82. The summed E-state index contributed by atoms with van der Waals surface area (Å²) in [5, 5.41) is 13.5. The minimum Gasteiger partial charge on any atom is -0.330 e. The summed E-state index contributed by atoms with van der Waals surface area (Å²) in [5.74, 6) is -0.706. The molecule has 2 aromatic carbocycles. The summed E-state index contributed by atoms with van der Waals surface area (Å²) < 4.78 is 0. The normalized spacial score (nSPS) is 11.9. The van der Waals surface area contributed by atoms with Gasteiger partial charge in [0.25, 0.3) is 0 Å². The Hall–Kier alpha value is -3.19. The van der Waals surface area contributed by atoms with E-state index in [1.54, 1.807) is 18.3 Å². The Bertz CT molecular complexity index is 934. The summed E-state index contributed by atoms with van der Waals surface area (Å²) in [6, 6.07) is 12.8. The lowest BCUT2D eigenvalue weighted by Gasteiger charge is -2.17. The molecular weight excluding hydrogens is 330 g/mol. The maximum absolute atomic E-state index is 12.8. The van der Waals surface area contributed by atoms with Crippen molar-refractivity contribution in [2.45, 2.75) is 19.3 Å². The van der Waals surface area contributed by atoms with Gasteiger partial charge in [0.2, 0.25) is 11.8 Å². The number of hydrogen-bond acceptors (Lipinski definition) is 4. The Labute approximate surface area is 151 Å². The van der Waals surface area contributed by atoms with Crippen LogP contribution in [0.15, 0.2) is 48.7 Å². The molecule has 0 aliphatic carbocycles. The van der Waals surface area contributed by atoms with Crippen molar-refractivity contribution in [1.82, 2.24) is 10.2 Å². The molecule has 1 heterocycles. The average molecular weight is 351 g/mol. The lowest BCUT2D eigenvalue weighted by molar-refractivity contribution is -0.117. The van der Waals surface area contributed by atoms with Crippen molar-refractivity contribution in [3.8, 4) is 0 Å². The zero-order valence-electron chi connectivity index (χ0n) is 14.5. The number of rotatable bonds is 6. The highest BCUT2D eigenvalue weighted by Gasteiger charge is 2.20. The summed E-state index contributed by atoms with van der Waals surface area (Å²) in [5.41, 5.74) is 8.79. The van der Waals surface area contributed by atoms with Crippen molar-refractivity contribution in [1.29, 1.82) is 0 Å². The van der Waals surface area contributed by atoms with Crippen LogP contribution in [0.4, 0.5) is 11.4 Å². The molecule has 0 spiro atoms. The highest BCUT2D eigenvalue weighted by molar-refractivity contribution is 5.98. The first kappa shape index (κ1) is 17.6. The monoisotopic (exact) mass is 351 g/mol. The molecule has 134 valence electrons. The molecule has 3 rings (SSSR count). The van der Waals surface area contributed by atoms with Crippen LogP contribution in [-0.4, -0.2) is 28.6 Å². The number of aromatic nitrogens is 2. The van der Waals surface area contributed by atoms with Crippen molar-refractivity contribution >= 4 is 34.1 Å². The van der Waals surface area contributed by atoms with Gasteiger partial charge in [0, 0.05) is 23.7 Å². The van der Waals surface area contributed by atoms with Crippen molar-refractivity contribution in [3.63, 3.8) is 0 Å². The first-order chi connectivity index (χ1) is 12.6. The first-order valence-corrected chi connectivity index (χ1v) is 8.38. The highest BCUT2D eigenvalue weighted by Crippen LogP contribution is 2.25. The number of anilines is 2. The number of nitrogens with one attached hydrogen (secondary N) is 3. The number of H-pyrrole nitrogens is 1. The second kappa shape index (κ2) is 7.79. The Morgan fingerprint density at radius 2 is 1.96 bits per heavy atom. The fourth-order valence-electron chi connectivity index (χ4n) is 2.90. The molecule has 7 nitrogen and oxygen atoms in total. The smallest absolute Gasteiger partial charge is 0.231 e. The van der Waals surface area contributed by atoms with Crippen molar-refractivity contribution in [2.75, 3.05) is 17.2 Å². The zero-order chi connectivity index (χ0) is 18.5. The summed E-state index contributed by atoms with van der Waals surface area (Å²) in [7, 11) is 0. The number of nitrogens with two attached hydrogens (primary N) is 1. The van der Waals surface area contributed by atoms with Gasteiger partial charge in [0.15, 0.2) is 0 Å². The van der Waals surface area contributed by atoms with Crippen molar-refractivity contribution in [3.05, 3.63) is 54.2 Å².